The lowest BCUT2D eigenvalue weighted by Crippen LogP contribution is -2.65. The molecule has 6 atom stereocenters. The van der Waals surface area contributed by atoms with Crippen LogP contribution in [0.15, 0.2) is 155 Å². The van der Waals surface area contributed by atoms with Gasteiger partial charge < -0.3 is 54.0 Å². The van der Waals surface area contributed by atoms with Gasteiger partial charge in [0, 0.05) is 33.1 Å². The summed E-state index contributed by atoms with van der Waals surface area (Å²) in [5.74, 6) is 1.000. The average molecular weight is 1140 g/mol. The molecule has 26 heteroatoms. The molecule has 5 N–H and O–H groups in total. The summed E-state index contributed by atoms with van der Waals surface area (Å²) in [6.07, 6.45) is -12.2. The van der Waals surface area contributed by atoms with Crippen LogP contribution < -0.4 is 43.5 Å². The first kappa shape index (κ1) is 57.7. The van der Waals surface area contributed by atoms with Crippen molar-refractivity contribution in [1.29, 1.82) is 0 Å². The zero-order valence-corrected chi connectivity index (χ0v) is 43.7. The number of rotatable bonds is 10. The summed E-state index contributed by atoms with van der Waals surface area (Å²) < 4.78 is 151. The number of ether oxygens (including phenoxy) is 4. The average Bonchev–Trinajstić information content (AvgIpc) is 3.46. The Morgan fingerprint density at radius 3 is 1.24 bits per heavy atom. The SMILES string of the molecule is CC(=O)N1C[C@H](NS(=O)(=O)c2ccc(OC(F)(F)F)cc2)[C@@H](O)[C@H](N2c3ccccc3Oc3ccccc32)C1.CC(C)=O.O=S(=O)(N[C@H]1CNC[C@@H](N2c3ccccc3Oc3ccccc32)[C@@H]1O)c1ccc(OC(F)(F)F)cc1. The van der Waals surface area contributed by atoms with Gasteiger partial charge in [0.25, 0.3) is 0 Å². The highest BCUT2D eigenvalue weighted by Gasteiger charge is 2.45. The van der Waals surface area contributed by atoms with Gasteiger partial charge in [-0.2, -0.15) is 0 Å². The van der Waals surface area contributed by atoms with Crippen LogP contribution in [-0.4, -0.2) is 119 Å². The summed E-state index contributed by atoms with van der Waals surface area (Å²) in [5, 5.41) is 26.0. The fourth-order valence-corrected chi connectivity index (χ4v) is 11.7. The van der Waals surface area contributed by atoms with E-state index in [1.165, 1.54) is 25.7 Å². The first-order valence-electron chi connectivity index (χ1n) is 24.1. The fourth-order valence-electron chi connectivity index (χ4n) is 9.23. The number of sulfonamides is 2. The number of carbonyl (C=O) groups excluding carboxylic acids is 2. The van der Waals surface area contributed by atoms with Crippen LogP contribution in [0.1, 0.15) is 20.8 Å². The highest BCUT2D eigenvalue weighted by Crippen LogP contribution is 2.50. The van der Waals surface area contributed by atoms with E-state index in [1.54, 1.807) is 48.5 Å². The molecule has 18 nitrogen and oxygen atoms in total. The van der Waals surface area contributed by atoms with Crippen molar-refractivity contribution >= 4 is 54.5 Å². The molecule has 0 spiro atoms. The van der Waals surface area contributed by atoms with Crippen molar-refractivity contribution in [1.82, 2.24) is 19.7 Å². The zero-order valence-electron chi connectivity index (χ0n) is 42.1. The van der Waals surface area contributed by atoms with Gasteiger partial charge in [-0.3, -0.25) is 4.79 Å². The Bertz CT molecular complexity index is 3280. The number of benzene rings is 6. The summed E-state index contributed by atoms with van der Waals surface area (Å²) in [6, 6.07) is 33.2. The van der Waals surface area contributed by atoms with Crippen molar-refractivity contribution in [3.63, 3.8) is 0 Å². The van der Waals surface area contributed by atoms with Crippen LogP contribution in [0.2, 0.25) is 0 Å². The number of hydrogen-bond acceptors (Lipinski definition) is 15. The number of amides is 1. The summed E-state index contributed by atoms with van der Waals surface area (Å²) >= 11 is 0. The Kier molecular flexibility index (Phi) is 17.1. The summed E-state index contributed by atoms with van der Waals surface area (Å²) in [5.41, 5.74) is 2.72. The normalized spacial score (nSPS) is 20.6. The second kappa shape index (κ2) is 23.5. The number of ketones is 1. The third-order valence-electron chi connectivity index (χ3n) is 12.6. The molecule has 2 saturated heterocycles. The molecule has 0 aromatic heterocycles. The minimum Gasteiger partial charge on any atom is -0.453 e. The van der Waals surface area contributed by atoms with Crippen molar-refractivity contribution in [3.05, 3.63) is 146 Å². The third kappa shape index (κ3) is 13.9. The Hall–Kier alpha value is -7.46. The molecule has 0 unspecified atom stereocenters. The lowest BCUT2D eigenvalue weighted by molar-refractivity contribution is -0.275. The maximum Gasteiger partial charge on any atom is 0.573 e. The number of alkyl halides is 6. The Balaban J connectivity index is 0.000000195. The molecule has 6 aromatic carbocycles. The van der Waals surface area contributed by atoms with Crippen molar-refractivity contribution in [2.75, 3.05) is 36.0 Å². The quantitative estimate of drug-likeness (QED) is 0.0823. The van der Waals surface area contributed by atoms with E-state index in [-0.39, 0.29) is 41.1 Å². The molecule has 0 aliphatic carbocycles. The lowest BCUT2D eigenvalue weighted by atomic mass is 9.94. The Morgan fingerprint density at radius 2 is 0.873 bits per heavy atom. The molecule has 6 aromatic rings. The fraction of sp³-hybridized carbons (Fsp3) is 0.283. The predicted molar refractivity (Wildman–Crippen MR) is 276 cm³/mol. The van der Waals surface area contributed by atoms with E-state index in [2.05, 4.69) is 24.2 Å². The molecular weight excluding hydrogens is 1090 g/mol. The van der Waals surface area contributed by atoms with Gasteiger partial charge >= 0.3 is 12.7 Å². The van der Waals surface area contributed by atoms with Gasteiger partial charge in [0.1, 0.15) is 17.3 Å². The molecule has 0 radical (unpaired) electrons. The van der Waals surface area contributed by atoms with Crippen LogP contribution in [0, 0.1) is 0 Å². The molecule has 79 heavy (non-hydrogen) atoms. The van der Waals surface area contributed by atoms with E-state index in [4.69, 9.17) is 9.47 Å². The smallest absolute Gasteiger partial charge is 0.453 e. The molecule has 4 aliphatic rings. The van der Waals surface area contributed by atoms with Crippen molar-refractivity contribution < 1.29 is 81.9 Å². The van der Waals surface area contributed by atoms with Crippen LogP contribution in [0.5, 0.6) is 34.5 Å². The first-order valence-corrected chi connectivity index (χ1v) is 27.1. The second-order valence-corrected chi connectivity index (χ2v) is 21.8. The number of Topliss-reactive ketones (excluding diaryl/α,β-unsaturated/α-hetero) is 1. The van der Waals surface area contributed by atoms with E-state index >= 15 is 0 Å². The number of aliphatic hydroxyl groups is 2. The molecule has 1 amide bonds. The number of hydrogen-bond donors (Lipinski definition) is 5. The minimum absolute atomic E-state index is 0.0981. The van der Waals surface area contributed by atoms with Crippen molar-refractivity contribution in [3.8, 4) is 34.5 Å². The van der Waals surface area contributed by atoms with Gasteiger partial charge in [0.05, 0.1) is 68.9 Å². The van der Waals surface area contributed by atoms with Crippen LogP contribution in [0.25, 0.3) is 0 Å². The van der Waals surface area contributed by atoms with E-state index in [9.17, 15) is 63.0 Å². The number of nitrogens with zero attached hydrogens (tertiary/aromatic N) is 3. The molecule has 2 fully saturated rings. The van der Waals surface area contributed by atoms with Gasteiger partial charge in [-0.25, -0.2) is 26.3 Å². The van der Waals surface area contributed by atoms with E-state index in [1.807, 2.05) is 58.3 Å². The van der Waals surface area contributed by atoms with Crippen molar-refractivity contribution in [2.24, 2.45) is 0 Å². The zero-order chi connectivity index (χ0) is 57.0. The molecule has 4 aliphatic heterocycles. The number of likely N-dealkylation sites (tertiary alicyclic amines) is 1. The van der Waals surface area contributed by atoms with Gasteiger partial charge in [-0.15, -0.1) is 26.3 Å². The monoisotopic (exact) mass is 1140 g/mol. The minimum atomic E-state index is -4.92. The molecule has 0 saturated carbocycles. The van der Waals surface area contributed by atoms with Crippen molar-refractivity contribution in [2.45, 2.75) is 79.7 Å². The van der Waals surface area contributed by atoms with Crippen LogP contribution in [0.4, 0.5) is 49.1 Å². The van der Waals surface area contributed by atoms with Crippen LogP contribution in [0.3, 0.4) is 0 Å². The van der Waals surface area contributed by atoms with E-state index in [0.29, 0.717) is 40.9 Å². The maximum absolute atomic E-state index is 13.2. The highest BCUT2D eigenvalue weighted by atomic mass is 32.2. The number of aliphatic hydroxyl groups excluding tert-OH is 2. The molecule has 4 heterocycles. The van der Waals surface area contributed by atoms with Gasteiger partial charge in [0.15, 0.2) is 23.0 Å². The van der Waals surface area contributed by atoms with E-state index in [0.717, 1.165) is 59.9 Å². The standard InChI is InChI=1S/C26H24F3N3O6S.C24H22F3N3O5S.C3H6O/c1-16(33)31-14-19(30-39(35,36)18-12-10-17(11-13-18)38-26(27,28)29)25(34)22(15-31)32-20-6-2-4-8-23(20)37-24-9-5-3-7-21(24)32;25-24(26,27)35-15-9-11-16(12-10-15)36(32,33)29-17-13-28-14-20(23(17)31)30-18-5-1-3-7-21(18)34-22-8-4-2-6-19(22)30;1-3(2)4/h2-13,19,22,25,30,34H,14-15H2,1H3;1-12,17,20,23,28-29,31H,13-14H2;1-2H3/t19-,22+,25+;17-,20+,23+;/m00./s1. The van der Waals surface area contributed by atoms with E-state index < -0.39 is 80.6 Å². The second-order valence-electron chi connectivity index (χ2n) is 18.4. The predicted octanol–water partition coefficient (Wildman–Crippen LogP) is 7.87. The van der Waals surface area contributed by atoms with Gasteiger partial charge in [0.2, 0.25) is 26.0 Å². The van der Waals surface area contributed by atoms with Crippen LogP contribution in [-0.2, 0) is 29.6 Å². The maximum atomic E-state index is 13.2. The topological polar surface area (TPSA) is 226 Å². The number of carbonyl (C=O) groups is 2. The Morgan fingerprint density at radius 1 is 0.532 bits per heavy atom. The van der Waals surface area contributed by atoms with Gasteiger partial charge in [-0.05, 0) is 111 Å². The molecular formula is C53H52F6N6O12S2. The van der Waals surface area contributed by atoms with Gasteiger partial charge in [-0.1, -0.05) is 48.5 Å². The molecule has 420 valence electrons. The summed E-state index contributed by atoms with van der Waals surface area (Å²) in [7, 11) is -8.46. The largest absolute Gasteiger partial charge is 0.573 e. The lowest BCUT2D eigenvalue weighted by Gasteiger charge is -2.47. The number of para-hydroxylation sites is 8. The molecule has 10 rings (SSSR count). The number of halogens is 6. The number of nitrogens with one attached hydrogen (secondary N) is 3. The third-order valence-corrected chi connectivity index (χ3v) is 15.6. The summed E-state index contributed by atoms with van der Waals surface area (Å²) in [6.45, 7) is 4.91. The van der Waals surface area contributed by atoms with Crippen LogP contribution >= 0.6 is 0 Å². The number of anilines is 4. The Labute approximate surface area is 450 Å². The first-order chi connectivity index (χ1) is 37.3. The highest BCUT2D eigenvalue weighted by molar-refractivity contribution is 7.89. The molecule has 0 bridgehead atoms. The number of piperidine rings is 2. The summed E-state index contributed by atoms with van der Waals surface area (Å²) in [4.78, 5) is 26.5. The number of fused-ring (bicyclic) bond motifs is 4.